The molecule has 0 aromatic heterocycles. The first-order chi connectivity index (χ1) is 5.79. The summed E-state index contributed by atoms with van der Waals surface area (Å²) in [5, 5.41) is 4.01. The standard InChI is InChI=1S/C9H11ClN2/c10-9-6-2-1-5-12-8(6)4-3-7(9)11/h3-4,12H,1-2,5,11H2. The van der Waals surface area contributed by atoms with E-state index in [9.17, 15) is 0 Å². The van der Waals surface area contributed by atoms with Gasteiger partial charge in [-0.25, -0.2) is 0 Å². The van der Waals surface area contributed by atoms with Gasteiger partial charge in [0.05, 0.1) is 10.7 Å². The number of nitrogens with two attached hydrogens (primary N) is 1. The van der Waals surface area contributed by atoms with Crippen molar-refractivity contribution in [3.05, 3.63) is 22.7 Å². The van der Waals surface area contributed by atoms with E-state index < -0.39 is 0 Å². The molecule has 3 N–H and O–H groups in total. The summed E-state index contributed by atoms with van der Waals surface area (Å²) in [6, 6.07) is 3.84. The van der Waals surface area contributed by atoms with Crippen molar-refractivity contribution in [1.82, 2.24) is 0 Å². The lowest BCUT2D eigenvalue weighted by molar-refractivity contribution is 0.831. The molecule has 0 amide bonds. The van der Waals surface area contributed by atoms with Crippen molar-refractivity contribution in [3.8, 4) is 0 Å². The maximum Gasteiger partial charge on any atom is 0.0687 e. The number of hydrogen-bond donors (Lipinski definition) is 2. The van der Waals surface area contributed by atoms with Crippen LogP contribution in [0, 0.1) is 0 Å². The number of fused-ring (bicyclic) bond motifs is 1. The molecule has 0 atom stereocenters. The second-order valence-corrected chi connectivity index (χ2v) is 3.40. The smallest absolute Gasteiger partial charge is 0.0687 e. The van der Waals surface area contributed by atoms with Gasteiger partial charge >= 0.3 is 0 Å². The van der Waals surface area contributed by atoms with Crippen LogP contribution in [-0.2, 0) is 6.42 Å². The van der Waals surface area contributed by atoms with E-state index in [0.717, 1.165) is 30.1 Å². The van der Waals surface area contributed by atoms with E-state index in [2.05, 4.69) is 5.32 Å². The van der Waals surface area contributed by atoms with Crippen LogP contribution in [-0.4, -0.2) is 6.54 Å². The van der Waals surface area contributed by atoms with Gasteiger partial charge in [-0.2, -0.15) is 0 Å². The summed E-state index contributed by atoms with van der Waals surface area (Å²) in [6.45, 7) is 1.03. The number of anilines is 2. The summed E-state index contributed by atoms with van der Waals surface area (Å²) in [6.07, 6.45) is 2.17. The third-order valence-electron chi connectivity index (χ3n) is 2.19. The van der Waals surface area contributed by atoms with Gasteiger partial charge in [-0.05, 0) is 30.5 Å². The molecular formula is C9H11ClN2. The average molecular weight is 183 g/mol. The molecule has 12 heavy (non-hydrogen) atoms. The summed E-state index contributed by atoms with van der Waals surface area (Å²) in [7, 11) is 0. The minimum atomic E-state index is 0.680. The predicted octanol–water partition coefficient (Wildman–Crippen LogP) is 2.28. The van der Waals surface area contributed by atoms with Gasteiger partial charge < -0.3 is 11.1 Å². The summed E-state index contributed by atoms with van der Waals surface area (Å²) in [5.74, 6) is 0. The highest BCUT2D eigenvalue weighted by molar-refractivity contribution is 6.34. The van der Waals surface area contributed by atoms with Crippen molar-refractivity contribution in [3.63, 3.8) is 0 Å². The Hall–Kier alpha value is -0.890. The third kappa shape index (κ3) is 1.12. The van der Waals surface area contributed by atoms with Gasteiger partial charge in [0.2, 0.25) is 0 Å². The van der Waals surface area contributed by atoms with Crippen LogP contribution in [0.1, 0.15) is 12.0 Å². The molecule has 2 nitrogen and oxygen atoms in total. The van der Waals surface area contributed by atoms with Crippen molar-refractivity contribution < 1.29 is 0 Å². The zero-order chi connectivity index (χ0) is 8.55. The van der Waals surface area contributed by atoms with Crippen molar-refractivity contribution in [2.45, 2.75) is 12.8 Å². The van der Waals surface area contributed by atoms with E-state index in [4.69, 9.17) is 17.3 Å². The summed E-state index contributed by atoms with van der Waals surface area (Å²) in [5.41, 5.74) is 8.67. The van der Waals surface area contributed by atoms with Crippen molar-refractivity contribution in [2.75, 3.05) is 17.6 Å². The fraction of sp³-hybridized carbons (Fsp3) is 0.333. The fourth-order valence-corrected chi connectivity index (χ4v) is 1.80. The second kappa shape index (κ2) is 2.87. The van der Waals surface area contributed by atoms with E-state index in [0.29, 0.717) is 5.69 Å². The Bertz CT molecular complexity index is 310. The second-order valence-electron chi connectivity index (χ2n) is 3.03. The van der Waals surface area contributed by atoms with Gasteiger partial charge in [0, 0.05) is 12.2 Å². The molecule has 1 aliphatic heterocycles. The van der Waals surface area contributed by atoms with Crippen LogP contribution >= 0.6 is 11.6 Å². The monoisotopic (exact) mass is 182 g/mol. The van der Waals surface area contributed by atoms with Crippen LogP contribution in [0.5, 0.6) is 0 Å². The highest BCUT2D eigenvalue weighted by Gasteiger charge is 2.12. The molecule has 2 rings (SSSR count). The molecule has 0 radical (unpaired) electrons. The quantitative estimate of drug-likeness (QED) is 0.605. The first-order valence-electron chi connectivity index (χ1n) is 4.10. The molecule has 64 valence electrons. The van der Waals surface area contributed by atoms with Crippen molar-refractivity contribution in [1.29, 1.82) is 0 Å². The Morgan fingerprint density at radius 3 is 3.08 bits per heavy atom. The van der Waals surface area contributed by atoms with Gasteiger partial charge in [0.15, 0.2) is 0 Å². The molecule has 1 aromatic rings. The Morgan fingerprint density at radius 2 is 2.25 bits per heavy atom. The number of nitrogen functional groups attached to an aromatic ring is 1. The van der Waals surface area contributed by atoms with E-state index >= 15 is 0 Å². The molecule has 0 bridgehead atoms. The first-order valence-corrected chi connectivity index (χ1v) is 4.47. The minimum Gasteiger partial charge on any atom is -0.398 e. The Kier molecular flexibility index (Phi) is 1.85. The largest absolute Gasteiger partial charge is 0.398 e. The summed E-state index contributed by atoms with van der Waals surface area (Å²) in [4.78, 5) is 0. The van der Waals surface area contributed by atoms with Crippen LogP contribution in [0.2, 0.25) is 5.02 Å². The van der Waals surface area contributed by atoms with E-state index in [1.165, 1.54) is 5.56 Å². The Labute approximate surface area is 76.7 Å². The normalized spacial score (nSPS) is 15.1. The fourth-order valence-electron chi connectivity index (χ4n) is 1.54. The zero-order valence-electron chi connectivity index (χ0n) is 6.73. The van der Waals surface area contributed by atoms with Crippen LogP contribution in [0.3, 0.4) is 0 Å². The lowest BCUT2D eigenvalue weighted by Crippen LogP contribution is -2.12. The van der Waals surface area contributed by atoms with Gasteiger partial charge in [-0.3, -0.25) is 0 Å². The summed E-state index contributed by atoms with van der Waals surface area (Å²) < 4.78 is 0. The Morgan fingerprint density at radius 1 is 1.42 bits per heavy atom. The summed E-state index contributed by atoms with van der Waals surface area (Å²) >= 11 is 6.05. The molecule has 1 aliphatic rings. The molecule has 0 saturated carbocycles. The zero-order valence-corrected chi connectivity index (χ0v) is 7.49. The predicted molar refractivity (Wildman–Crippen MR) is 52.7 cm³/mol. The van der Waals surface area contributed by atoms with Crippen molar-refractivity contribution in [2.24, 2.45) is 0 Å². The number of rotatable bonds is 0. The van der Waals surface area contributed by atoms with Crippen molar-refractivity contribution >= 4 is 23.0 Å². The topological polar surface area (TPSA) is 38.0 Å². The average Bonchev–Trinajstić information content (AvgIpc) is 2.12. The van der Waals surface area contributed by atoms with Gasteiger partial charge in [-0.15, -0.1) is 0 Å². The lowest BCUT2D eigenvalue weighted by atomic mass is 10.0. The van der Waals surface area contributed by atoms with Crippen LogP contribution in [0.15, 0.2) is 12.1 Å². The molecule has 1 aromatic carbocycles. The highest BCUT2D eigenvalue weighted by Crippen LogP contribution is 2.32. The van der Waals surface area contributed by atoms with Crippen LogP contribution in [0.4, 0.5) is 11.4 Å². The SMILES string of the molecule is Nc1ccc2c(c1Cl)CCCN2. The van der Waals surface area contributed by atoms with Gasteiger partial charge in [0.1, 0.15) is 0 Å². The van der Waals surface area contributed by atoms with Crippen LogP contribution < -0.4 is 11.1 Å². The van der Waals surface area contributed by atoms with E-state index in [1.54, 1.807) is 0 Å². The molecular weight excluding hydrogens is 172 g/mol. The molecule has 0 saturated heterocycles. The molecule has 1 heterocycles. The molecule has 0 spiro atoms. The van der Waals surface area contributed by atoms with Gasteiger partial charge in [-0.1, -0.05) is 11.6 Å². The Balaban J connectivity index is 2.54. The van der Waals surface area contributed by atoms with Gasteiger partial charge in [0.25, 0.3) is 0 Å². The minimum absolute atomic E-state index is 0.680. The molecule has 0 fully saturated rings. The van der Waals surface area contributed by atoms with E-state index in [1.807, 2.05) is 12.1 Å². The number of nitrogens with one attached hydrogen (secondary N) is 1. The molecule has 0 unspecified atom stereocenters. The highest BCUT2D eigenvalue weighted by atomic mass is 35.5. The lowest BCUT2D eigenvalue weighted by Gasteiger charge is -2.19. The van der Waals surface area contributed by atoms with E-state index in [-0.39, 0.29) is 0 Å². The molecule has 3 heteroatoms. The maximum atomic E-state index is 6.05. The number of benzene rings is 1. The third-order valence-corrected chi connectivity index (χ3v) is 2.64. The number of halogens is 1. The van der Waals surface area contributed by atoms with Crippen LogP contribution in [0.25, 0.3) is 0 Å². The first kappa shape index (κ1) is 7.74. The number of hydrogen-bond acceptors (Lipinski definition) is 2. The molecule has 0 aliphatic carbocycles. The maximum absolute atomic E-state index is 6.05.